The molecule has 1 N–H and O–H groups in total. The van der Waals surface area contributed by atoms with E-state index in [1.165, 1.54) is 23.9 Å². The van der Waals surface area contributed by atoms with Gasteiger partial charge in [0.15, 0.2) is 0 Å². The number of methoxy groups -OCH3 is 1. The highest BCUT2D eigenvalue weighted by atomic mass is 32.2. The highest BCUT2D eigenvalue weighted by Gasteiger charge is 2.27. The summed E-state index contributed by atoms with van der Waals surface area (Å²) in [4.78, 5) is 15.0. The summed E-state index contributed by atoms with van der Waals surface area (Å²) in [6, 6.07) is 4.67. The summed E-state index contributed by atoms with van der Waals surface area (Å²) in [5.74, 6) is 1.44. The molecule has 0 unspecified atom stereocenters. The second kappa shape index (κ2) is 9.45. The smallest absolute Gasteiger partial charge is 0.243 e. The van der Waals surface area contributed by atoms with Crippen LogP contribution in [0.1, 0.15) is 39.5 Å². The lowest BCUT2D eigenvalue weighted by Gasteiger charge is -2.34. The molecular formula is C21H33N3O4S. The normalized spacial score (nSPS) is 24.2. The average molecular weight is 424 g/mol. The minimum absolute atomic E-state index is 0.155. The zero-order valence-corrected chi connectivity index (χ0v) is 18.5. The topological polar surface area (TPSA) is 79.0 Å². The predicted molar refractivity (Wildman–Crippen MR) is 114 cm³/mol. The number of piperidine rings is 2. The van der Waals surface area contributed by atoms with Crippen LogP contribution >= 0.6 is 0 Å². The molecule has 2 saturated heterocycles. The Kier molecular flexibility index (Phi) is 7.19. The van der Waals surface area contributed by atoms with Gasteiger partial charge < -0.3 is 10.1 Å². The van der Waals surface area contributed by atoms with Gasteiger partial charge in [0.2, 0.25) is 15.9 Å². The molecule has 2 atom stereocenters. The van der Waals surface area contributed by atoms with E-state index in [1.54, 1.807) is 12.1 Å². The number of rotatable bonds is 6. The van der Waals surface area contributed by atoms with Gasteiger partial charge in [0.1, 0.15) is 5.75 Å². The van der Waals surface area contributed by atoms with Gasteiger partial charge in [-0.05, 0) is 49.3 Å². The maximum Gasteiger partial charge on any atom is 0.243 e. The van der Waals surface area contributed by atoms with Crippen LogP contribution in [0.25, 0.3) is 0 Å². The van der Waals surface area contributed by atoms with E-state index in [-0.39, 0.29) is 10.8 Å². The lowest BCUT2D eigenvalue weighted by atomic mass is 9.92. The number of likely N-dealkylation sites (tertiary alicyclic amines) is 1. The molecule has 7 nitrogen and oxygen atoms in total. The Hall–Kier alpha value is -1.64. The maximum atomic E-state index is 13.0. The number of hydrogen-bond acceptors (Lipinski definition) is 5. The summed E-state index contributed by atoms with van der Waals surface area (Å²) in [5, 5.41) is 2.87. The Morgan fingerprint density at radius 1 is 1.14 bits per heavy atom. The number of carbonyl (C=O) groups is 1. The number of hydrogen-bond donors (Lipinski definition) is 1. The minimum Gasteiger partial charge on any atom is -0.495 e. The molecule has 2 fully saturated rings. The molecular weight excluding hydrogens is 390 g/mol. The van der Waals surface area contributed by atoms with Crippen molar-refractivity contribution in [1.29, 1.82) is 0 Å². The van der Waals surface area contributed by atoms with Crippen molar-refractivity contribution in [3.8, 4) is 5.75 Å². The number of amides is 1. The standard InChI is InChI=1S/C21H33N3O4S/c1-16-11-17(2)14-23(13-16)15-21(25)22-19-12-18(7-8-20(19)28-3)29(26,27)24-9-5-4-6-10-24/h7-8,12,16-17H,4-6,9-11,13-15H2,1-3H3,(H,22,25)/t16-,17-/m1/s1. The first-order chi connectivity index (χ1) is 13.8. The summed E-state index contributed by atoms with van der Waals surface area (Å²) in [6.45, 7) is 7.59. The number of benzene rings is 1. The lowest BCUT2D eigenvalue weighted by molar-refractivity contribution is -0.117. The summed E-state index contributed by atoms with van der Waals surface area (Å²) in [7, 11) is -2.06. The second-order valence-electron chi connectivity index (χ2n) is 8.52. The summed E-state index contributed by atoms with van der Waals surface area (Å²) < 4.78 is 32.8. The van der Waals surface area contributed by atoms with Crippen LogP contribution in [0.4, 0.5) is 5.69 Å². The first-order valence-electron chi connectivity index (χ1n) is 10.5. The van der Waals surface area contributed by atoms with E-state index < -0.39 is 10.0 Å². The molecule has 2 aliphatic rings. The van der Waals surface area contributed by atoms with Crippen LogP contribution in [0.5, 0.6) is 5.75 Å². The molecule has 1 amide bonds. The van der Waals surface area contributed by atoms with Crippen LogP contribution < -0.4 is 10.1 Å². The first kappa shape index (κ1) is 22.1. The number of sulfonamides is 1. The third kappa shape index (κ3) is 5.49. The van der Waals surface area contributed by atoms with Crippen molar-refractivity contribution in [1.82, 2.24) is 9.21 Å². The van der Waals surface area contributed by atoms with E-state index >= 15 is 0 Å². The summed E-state index contributed by atoms with van der Waals surface area (Å²) in [5.41, 5.74) is 0.397. The monoisotopic (exact) mass is 423 g/mol. The fourth-order valence-corrected chi connectivity index (χ4v) is 6.06. The Morgan fingerprint density at radius 3 is 2.41 bits per heavy atom. The molecule has 1 aromatic rings. The summed E-state index contributed by atoms with van der Waals surface area (Å²) in [6.07, 6.45) is 4.00. The Balaban J connectivity index is 1.74. The SMILES string of the molecule is COc1ccc(S(=O)(=O)N2CCCCC2)cc1NC(=O)CN1C[C@H](C)C[C@@H](C)C1. The molecule has 29 heavy (non-hydrogen) atoms. The molecule has 2 aliphatic heterocycles. The van der Waals surface area contributed by atoms with Gasteiger partial charge in [0.25, 0.3) is 0 Å². The van der Waals surface area contributed by atoms with Gasteiger partial charge in [0.05, 0.1) is 24.2 Å². The summed E-state index contributed by atoms with van der Waals surface area (Å²) >= 11 is 0. The number of nitrogens with one attached hydrogen (secondary N) is 1. The van der Waals surface area contributed by atoms with Gasteiger partial charge in [-0.1, -0.05) is 20.3 Å². The van der Waals surface area contributed by atoms with E-state index in [9.17, 15) is 13.2 Å². The molecule has 3 rings (SSSR count). The van der Waals surface area contributed by atoms with Gasteiger partial charge >= 0.3 is 0 Å². The minimum atomic E-state index is -3.57. The molecule has 0 aromatic heterocycles. The fourth-order valence-electron chi connectivity index (χ4n) is 4.51. The predicted octanol–water partition coefficient (Wildman–Crippen LogP) is 2.79. The van der Waals surface area contributed by atoms with Gasteiger partial charge in [-0.3, -0.25) is 9.69 Å². The second-order valence-corrected chi connectivity index (χ2v) is 10.5. The number of carbonyl (C=O) groups excluding carboxylic acids is 1. The van der Waals surface area contributed by atoms with Crippen LogP contribution in [0.15, 0.2) is 23.1 Å². The van der Waals surface area contributed by atoms with Gasteiger partial charge in [-0.2, -0.15) is 4.31 Å². The number of anilines is 1. The van der Waals surface area contributed by atoms with Crippen molar-refractivity contribution < 1.29 is 17.9 Å². The number of nitrogens with zero attached hydrogens (tertiary/aromatic N) is 2. The Bertz CT molecular complexity index is 811. The molecule has 0 aliphatic carbocycles. The van der Waals surface area contributed by atoms with E-state index in [0.717, 1.165) is 32.4 Å². The molecule has 2 heterocycles. The van der Waals surface area contributed by atoms with Crippen molar-refractivity contribution in [3.63, 3.8) is 0 Å². The third-order valence-corrected chi connectivity index (χ3v) is 7.60. The maximum absolute atomic E-state index is 13.0. The van der Waals surface area contributed by atoms with Crippen LogP contribution in [-0.2, 0) is 14.8 Å². The third-order valence-electron chi connectivity index (χ3n) is 5.71. The largest absolute Gasteiger partial charge is 0.495 e. The highest BCUT2D eigenvalue weighted by Crippen LogP contribution is 2.30. The van der Waals surface area contributed by atoms with Gasteiger partial charge in [-0.15, -0.1) is 0 Å². The molecule has 0 spiro atoms. The number of ether oxygens (including phenoxy) is 1. The van der Waals surface area contributed by atoms with Gasteiger partial charge in [-0.25, -0.2) is 8.42 Å². The van der Waals surface area contributed by atoms with Crippen molar-refractivity contribution in [2.24, 2.45) is 11.8 Å². The Labute approximate surface area is 174 Å². The van der Waals surface area contributed by atoms with E-state index in [4.69, 9.17) is 4.74 Å². The first-order valence-corrected chi connectivity index (χ1v) is 11.9. The molecule has 0 radical (unpaired) electrons. The van der Waals surface area contributed by atoms with E-state index in [0.29, 0.717) is 42.9 Å². The van der Waals surface area contributed by atoms with E-state index in [1.807, 2.05) is 0 Å². The average Bonchev–Trinajstić information content (AvgIpc) is 2.67. The van der Waals surface area contributed by atoms with Crippen molar-refractivity contribution in [2.75, 3.05) is 45.2 Å². The molecule has 0 saturated carbocycles. The zero-order valence-electron chi connectivity index (χ0n) is 17.7. The van der Waals surface area contributed by atoms with Crippen LogP contribution in [0.3, 0.4) is 0 Å². The van der Waals surface area contributed by atoms with E-state index in [2.05, 4.69) is 24.1 Å². The molecule has 8 heteroatoms. The Morgan fingerprint density at radius 2 is 1.79 bits per heavy atom. The lowest BCUT2D eigenvalue weighted by Crippen LogP contribution is -2.42. The zero-order chi connectivity index (χ0) is 21.0. The molecule has 162 valence electrons. The van der Waals surface area contributed by atoms with Gasteiger partial charge in [0, 0.05) is 26.2 Å². The van der Waals surface area contributed by atoms with Crippen molar-refractivity contribution in [3.05, 3.63) is 18.2 Å². The van der Waals surface area contributed by atoms with Crippen LogP contribution in [0.2, 0.25) is 0 Å². The van der Waals surface area contributed by atoms with Crippen LogP contribution in [0, 0.1) is 11.8 Å². The van der Waals surface area contributed by atoms with Crippen molar-refractivity contribution >= 4 is 21.6 Å². The molecule has 1 aromatic carbocycles. The fraction of sp³-hybridized carbons (Fsp3) is 0.667. The quantitative estimate of drug-likeness (QED) is 0.761. The van der Waals surface area contributed by atoms with Crippen molar-refractivity contribution in [2.45, 2.75) is 44.4 Å². The molecule has 0 bridgehead atoms. The highest BCUT2D eigenvalue weighted by molar-refractivity contribution is 7.89. The van der Waals surface area contributed by atoms with Crippen LogP contribution in [-0.4, -0.2) is 63.4 Å².